The summed E-state index contributed by atoms with van der Waals surface area (Å²) in [6, 6.07) is 2.89. The number of carboxylic acids is 1. The predicted molar refractivity (Wildman–Crippen MR) is 105 cm³/mol. The molecule has 1 amide bonds. The van der Waals surface area contributed by atoms with Crippen LogP contribution in [0.5, 0.6) is 0 Å². The largest absolute Gasteiger partial charge is 0.481 e. The second-order valence-electron chi connectivity index (χ2n) is 7.36. The fourth-order valence-corrected chi connectivity index (χ4v) is 3.37. The number of aromatic amines is 1. The van der Waals surface area contributed by atoms with E-state index in [1.807, 2.05) is 0 Å². The highest BCUT2D eigenvalue weighted by molar-refractivity contribution is 5.93. The highest BCUT2D eigenvalue weighted by Crippen LogP contribution is 2.29. The van der Waals surface area contributed by atoms with Crippen molar-refractivity contribution in [2.75, 3.05) is 0 Å². The number of carboxylic acid groups (broad SMARTS) is 1. The Morgan fingerprint density at radius 1 is 1.38 bits per heavy atom. The molecule has 1 atom stereocenters. The summed E-state index contributed by atoms with van der Waals surface area (Å²) in [7, 11) is 0. The molecule has 152 valence electrons. The van der Waals surface area contributed by atoms with Gasteiger partial charge >= 0.3 is 5.97 Å². The van der Waals surface area contributed by atoms with Gasteiger partial charge in [-0.3, -0.25) is 14.7 Å². The predicted octanol–water partition coefficient (Wildman–Crippen LogP) is 3.95. The van der Waals surface area contributed by atoms with Gasteiger partial charge in [-0.15, -0.1) is 0 Å². The lowest BCUT2D eigenvalue weighted by atomic mass is 9.87. The highest BCUT2D eigenvalue weighted by Gasteiger charge is 2.28. The van der Waals surface area contributed by atoms with Crippen LogP contribution in [-0.4, -0.2) is 32.7 Å². The fourth-order valence-electron chi connectivity index (χ4n) is 3.37. The van der Waals surface area contributed by atoms with E-state index in [2.05, 4.69) is 15.5 Å². The molecular formula is C21H21F2N3O3. The third kappa shape index (κ3) is 4.96. The van der Waals surface area contributed by atoms with Gasteiger partial charge in [0.05, 0.1) is 11.1 Å². The number of rotatable bonds is 6. The zero-order valence-electron chi connectivity index (χ0n) is 16.1. The molecule has 29 heavy (non-hydrogen) atoms. The summed E-state index contributed by atoms with van der Waals surface area (Å²) in [4.78, 5) is 23.1. The summed E-state index contributed by atoms with van der Waals surface area (Å²) < 4.78 is 28.3. The number of H-pyrrole nitrogens is 1. The SMILES string of the molecule is Cc1[nH]nc2cc(/C=C/C(=O)NC3(C)C=C(CCC(=O)O)C=C(F)C3)c(F)cc12. The summed E-state index contributed by atoms with van der Waals surface area (Å²) in [5.74, 6) is -2.43. The van der Waals surface area contributed by atoms with Crippen molar-refractivity contribution < 1.29 is 23.5 Å². The number of aliphatic carboxylic acids is 1. The number of hydrogen-bond donors (Lipinski definition) is 3. The molecule has 8 heteroatoms. The van der Waals surface area contributed by atoms with Crippen molar-refractivity contribution in [2.45, 2.75) is 38.6 Å². The van der Waals surface area contributed by atoms with Crippen molar-refractivity contribution in [3.05, 3.63) is 58.8 Å². The number of hydrogen-bond acceptors (Lipinski definition) is 3. The Morgan fingerprint density at radius 2 is 2.14 bits per heavy atom. The van der Waals surface area contributed by atoms with Gasteiger partial charge in [0.15, 0.2) is 0 Å². The van der Waals surface area contributed by atoms with E-state index in [9.17, 15) is 18.4 Å². The number of carbonyl (C=O) groups is 2. The average molecular weight is 401 g/mol. The lowest BCUT2D eigenvalue weighted by Crippen LogP contribution is -2.45. The van der Waals surface area contributed by atoms with Crippen LogP contribution in [0, 0.1) is 12.7 Å². The Balaban J connectivity index is 1.73. The van der Waals surface area contributed by atoms with Gasteiger partial charge in [0.2, 0.25) is 5.91 Å². The molecule has 1 heterocycles. The van der Waals surface area contributed by atoms with Crippen LogP contribution in [0.15, 0.2) is 41.8 Å². The summed E-state index contributed by atoms with van der Waals surface area (Å²) in [6.45, 7) is 3.43. The first-order valence-electron chi connectivity index (χ1n) is 9.09. The van der Waals surface area contributed by atoms with E-state index in [0.717, 1.165) is 5.69 Å². The van der Waals surface area contributed by atoms with Gasteiger partial charge < -0.3 is 10.4 Å². The maximum absolute atomic E-state index is 14.3. The molecule has 1 aromatic heterocycles. The molecule has 0 saturated heterocycles. The molecule has 0 fully saturated rings. The van der Waals surface area contributed by atoms with Gasteiger partial charge in [-0.25, -0.2) is 8.78 Å². The first kappa shape index (κ1) is 20.4. The van der Waals surface area contributed by atoms with E-state index >= 15 is 0 Å². The van der Waals surface area contributed by atoms with Crippen molar-refractivity contribution in [3.63, 3.8) is 0 Å². The molecule has 0 spiro atoms. The standard InChI is InChI=1S/C21H21F2N3O3/c1-12-16-9-17(23)14(8-18(16)26-25-12)4-5-19(27)24-21(2)10-13(3-6-20(28)29)7-15(22)11-21/h4-5,7-10H,3,6,11H2,1-2H3,(H,24,27)(H,25,26)(H,28,29)/b5-4+. The Bertz CT molecular complexity index is 1070. The Morgan fingerprint density at radius 3 is 2.86 bits per heavy atom. The van der Waals surface area contributed by atoms with Crippen molar-refractivity contribution in [1.29, 1.82) is 0 Å². The minimum Gasteiger partial charge on any atom is -0.481 e. The van der Waals surface area contributed by atoms with E-state index < -0.39 is 29.1 Å². The van der Waals surface area contributed by atoms with E-state index in [1.54, 1.807) is 19.9 Å². The number of nitrogens with one attached hydrogen (secondary N) is 2. The average Bonchev–Trinajstić information content (AvgIpc) is 2.97. The number of halogens is 2. The van der Waals surface area contributed by atoms with Crippen LogP contribution in [0.3, 0.4) is 0 Å². The first-order chi connectivity index (χ1) is 13.6. The normalized spacial score (nSPS) is 19.3. The third-order valence-electron chi connectivity index (χ3n) is 4.70. The monoisotopic (exact) mass is 401 g/mol. The van der Waals surface area contributed by atoms with E-state index in [-0.39, 0.29) is 24.8 Å². The van der Waals surface area contributed by atoms with Gasteiger partial charge in [0.25, 0.3) is 0 Å². The number of aryl methyl sites for hydroxylation is 1. The van der Waals surface area contributed by atoms with Crippen molar-refractivity contribution in [2.24, 2.45) is 0 Å². The number of fused-ring (bicyclic) bond motifs is 1. The van der Waals surface area contributed by atoms with Gasteiger partial charge in [-0.2, -0.15) is 5.10 Å². The van der Waals surface area contributed by atoms with E-state index in [4.69, 9.17) is 5.11 Å². The third-order valence-corrected chi connectivity index (χ3v) is 4.70. The number of nitrogens with zero attached hydrogens (tertiary/aromatic N) is 1. The molecular weight excluding hydrogens is 380 g/mol. The second kappa shape index (κ2) is 7.98. The number of carbonyl (C=O) groups excluding carboxylic acids is 1. The number of amides is 1. The maximum Gasteiger partial charge on any atom is 0.303 e. The Kier molecular flexibility index (Phi) is 5.63. The number of allylic oxidation sites excluding steroid dienone is 2. The topological polar surface area (TPSA) is 95.1 Å². The van der Waals surface area contributed by atoms with Gasteiger partial charge in [0.1, 0.15) is 11.6 Å². The molecule has 0 saturated carbocycles. The van der Waals surface area contributed by atoms with Gasteiger partial charge in [-0.1, -0.05) is 6.08 Å². The summed E-state index contributed by atoms with van der Waals surface area (Å²) in [5, 5.41) is 19.0. The van der Waals surface area contributed by atoms with Crippen LogP contribution < -0.4 is 5.32 Å². The lowest BCUT2D eigenvalue weighted by Gasteiger charge is -2.30. The first-order valence-corrected chi connectivity index (χ1v) is 9.09. The molecule has 1 aliphatic carbocycles. The van der Waals surface area contributed by atoms with Gasteiger partial charge in [-0.05, 0) is 50.1 Å². The van der Waals surface area contributed by atoms with Crippen LogP contribution in [-0.2, 0) is 9.59 Å². The van der Waals surface area contributed by atoms with Crippen LogP contribution in [0.25, 0.3) is 17.0 Å². The molecule has 0 radical (unpaired) electrons. The molecule has 1 unspecified atom stereocenters. The van der Waals surface area contributed by atoms with Crippen molar-refractivity contribution in [3.8, 4) is 0 Å². The van der Waals surface area contributed by atoms with E-state index in [1.165, 1.54) is 30.4 Å². The molecule has 2 aromatic rings. The highest BCUT2D eigenvalue weighted by atomic mass is 19.1. The van der Waals surface area contributed by atoms with Crippen molar-refractivity contribution in [1.82, 2.24) is 15.5 Å². The van der Waals surface area contributed by atoms with Crippen LogP contribution in [0.1, 0.15) is 37.4 Å². The Hall–Kier alpha value is -3.29. The molecule has 3 N–H and O–H groups in total. The summed E-state index contributed by atoms with van der Waals surface area (Å²) >= 11 is 0. The fraction of sp³-hybridized carbons (Fsp3) is 0.286. The van der Waals surface area contributed by atoms with Crippen LogP contribution in [0.2, 0.25) is 0 Å². The molecule has 3 rings (SSSR count). The molecule has 0 bridgehead atoms. The van der Waals surface area contributed by atoms with Crippen LogP contribution in [0.4, 0.5) is 8.78 Å². The molecule has 1 aromatic carbocycles. The molecule has 6 nitrogen and oxygen atoms in total. The minimum atomic E-state index is -1.00. The maximum atomic E-state index is 14.3. The van der Waals surface area contributed by atoms with Crippen LogP contribution >= 0.6 is 0 Å². The van der Waals surface area contributed by atoms with Crippen molar-refractivity contribution >= 4 is 28.9 Å². The molecule has 0 aliphatic heterocycles. The number of benzene rings is 1. The second-order valence-corrected chi connectivity index (χ2v) is 7.36. The zero-order chi connectivity index (χ0) is 21.2. The number of aromatic nitrogens is 2. The quantitative estimate of drug-likeness (QED) is 0.639. The zero-order valence-corrected chi connectivity index (χ0v) is 16.1. The summed E-state index contributed by atoms with van der Waals surface area (Å²) in [5.41, 5.74) is 1.04. The Labute approximate surface area is 166 Å². The van der Waals surface area contributed by atoms with E-state index in [0.29, 0.717) is 16.5 Å². The summed E-state index contributed by atoms with van der Waals surface area (Å²) in [6.07, 6.45) is 5.45. The molecule has 1 aliphatic rings. The lowest BCUT2D eigenvalue weighted by molar-refractivity contribution is -0.137. The smallest absolute Gasteiger partial charge is 0.303 e. The van der Waals surface area contributed by atoms with Gasteiger partial charge in [0, 0.05) is 35.6 Å². The minimum absolute atomic E-state index is 0.0456.